The highest BCUT2D eigenvalue weighted by atomic mass is 16.4. The van der Waals surface area contributed by atoms with E-state index in [-0.39, 0.29) is 36.1 Å². The Morgan fingerprint density at radius 2 is 2.07 bits per heavy atom. The van der Waals surface area contributed by atoms with Gasteiger partial charge in [-0.05, 0) is 18.8 Å². The van der Waals surface area contributed by atoms with Crippen LogP contribution in [-0.2, 0) is 14.4 Å². The third-order valence-electron chi connectivity index (χ3n) is 5.35. The fourth-order valence-electron chi connectivity index (χ4n) is 3.91. The van der Waals surface area contributed by atoms with E-state index in [0.717, 1.165) is 6.42 Å². The van der Waals surface area contributed by atoms with Crippen LogP contribution in [0.2, 0.25) is 0 Å². The summed E-state index contributed by atoms with van der Waals surface area (Å²) < 4.78 is 5.20. The van der Waals surface area contributed by atoms with Crippen LogP contribution in [0, 0.1) is 11.8 Å². The van der Waals surface area contributed by atoms with Crippen molar-refractivity contribution in [2.45, 2.75) is 52.1 Å². The number of nitrogens with zero attached hydrogens (tertiary/aromatic N) is 4. The quantitative estimate of drug-likeness (QED) is 0.733. The zero-order chi connectivity index (χ0) is 19.8. The lowest BCUT2D eigenvalue weighted by molar-refractivity contribution is -0.169. The largest absolute Gasteiger partial charge is 0.426 e. The van der Waals surface area contributed by atoms with Gasteiger partial charge in [-0.1, -0.05) is 27.7 Å². The van der Waals surface area contributed by atoms with Crippen LogP contribution in [0.4, 0.5) is 0 Å². The average molecular weight is 377 g/mol. The van der Waals surface area contributed by atoms with Gasteiger partial charge >= 0.3 is 0 Å². The average Bonchev–Trinajstić information content (AvgIpc) is 3.29. The third kappa shape index (κ3) is 3.42. The van der Waals surface area contributed by atoms with E-state index in [1.807, 2.05) is 27.7 Å². The number of hydrogen-bond acceptors (Lipinski definition) is 6. The van der Waals surface area contributed by atoms with Crippen molar-refractivity contribution >= 4 is 17.7 Å². The molecular weight excluding hydrogens is 350 g/mol. The van der Waals surface area contributed by atoms with Gasteiger partial charge in [-0.15, -0.1) is 10.2 Å². The van der Waals surface area contributed by atoms with Crippen molar-refractivity contribution in [3.05, 3.63) is 12.3 Å². The van der Waals surface area contributed by atoms with E-state index >= 15 is 0 Å². The molecule has 2 unspecified atom stereocenters. The molecule has 1 spiro atoms. The lowest BCUT2D eigenvalue weighted by Gasteiger charge is -2.51. The number of amides is 3. The maximum absolute atomic E-state index is 12.8. The summed E-state index contributed by atoms with van der Waals surface area (Å²) in [5, 5.41) is 10.4. The van der Waals surface area contributed by atoms with Crippen molar-refractivity contribution in [2.75, 3.05) is 19.6 Å². The van der Waals surface area contributed by atoms with Crippen molar-refractivity contribution in [1.82, 2.24) is 25.3 Å². The van der Waals surface area contributed by atoms with Crippen molar-refractivity contribution in [3.8, 4) is 0 Å². The molecule has 2 saturated heterocycles. The highest BCUT2D eigenvalue weighted by molar-refractivity contribution is 5.99. The summed E-state index contributed by atoms with van der Waals surface area (Å²) in [5.41, 5.74) is -0.744. The van der Waals surface area contributed by atoms with E-state index in [9.17, 15) is 14.4 Å². The van der Waals surface area contributed by atoms with Crippen LogP contribution >= 0.6 is 0 Å². The first-order valence-electron chi connectivity index (χ1n) is 9.42. The Balaban J connectivity index is 1.61. The monoisotopic (exact) mass is 377 g/mol. The first-order valence-corrected chi connectivity index (χ1v) is 9.42. The van der Waals surface area contributed by atoms with Crippen LogP contribution in [0.25, 0.3) is 0 Å². The second-order valence-electron chi connectivity index (χ2n) is 8.01. The van der Waals surface area contributed by atoms with Crippen LogP contribution in [0.15, 0.2) is 10.8 Å². The zero-order valence-corrected chi connectivity index (χ0v) is 16.3. The van der Waals surface area contributed by atoms with Gasteiger partial charge in [-0.2, -0.15) is 0 Å². The number of likely N-dealkylation sites (tertiary alicyclic amines) is 2. The Morgan fingerprint density at radius 3 is 2.63 bits per heavy atom. The van der Waals surface area contributed by atoms with E-state index in [1.54, 1.807) is 4.90 Å². The summed E-state index contributed by atoms with van der Waals surface area (Å²) in [6.45, 7) is 8.53. The predicted octanol–water partition coefficient (Wildman–Crippen LogP) is 0.742. The first-order chi connectivity index (χ1) is 12.8. The Labute approximate surface area is 158 Å². The summed E-state index contributed by atoms with van der Waals surface area (Å²) >= 11 is 0. The molecule has 9 heteroatoms. The number of rotatable bonds is 6. The molecule has 148 valence electrons. The van der Waals surface area contributed by atoms with E-state index in [1.165, 1.54) is 11.3 Å². The van der Waals surface area contributed by atoms with Gasteiger partial charge in [0.1, 0.15) is 11.6 Å². The van der Waals surface area contributed by atoms with Crippen molar-refractivity contribution < 1.29 is 18.8 Å². The zero-order valence-electron chi connectivity index (χ0n) is 16.3. The normalized spacial score (nSPS) is 23.3. The van der Waals surface area contributed by atoms with Gasteiger partial charge in [0.15, 0.2) is 0 Å². The molecule has 2 aliphatic heterocycles. The maximum Gasteiger partial charge on any atom is 0.250 e. The molecule has 3 heterocycles. The fraction of sp³-hybridized carbons (Fsp3) is 0.722. The molecule has 0 radical (unpaired) electrons. The standard InChI is InChI=1S/C18H27N5O4/c1-11(2)14(15-21-19-10-27-15)20-13(24)8-22-9-18(17(22)26)6-5-7-23(18)16(25)12(3)4/h10-12,14H,5-9H2,1-4H3,(H,20,24). The Morgan fingerprint density at radius 1 is 1.33 bits per heavy atom. The van der Waals surface area contributed by atoms with Gasteiger partial charge in [-0.25, -0.2) is 0 Å². The summed E-state index contributed by atoms with van der Waals surface area (Å²) in [4.78, 5) is 40.9. The minimum atomic E-state index is -0.744. The van der Waals surface area contributed by atoms with Crippen LogP contribution < -0.4 is 5.32 Å². The lowest BCUT2D eigenvalue weighted by atomic mass is 9.85. The first kappa shape index (κ1) is 19.3. The SMILES string of the molecule is CC(C)C(=O)N1CCCC12CN(CC(=O)NC(c1nnco1)C(C)C)C2=O. The van der Waals surface area contributed by atoms with Gasteiger partial charge in [-0.3, -0.25) is 14.4 Å². The molecule has 2 aliphatic rings. The topological polar surface area (TPSA) is 109 Å². The number of carbonyl (C=O) groups is 3. The highest BCUT2D eigenvalue weighted by Gasteiger charge is 2.59. The minimum absolute atomic E-state index is 0.00113. The second-order valence-corrected chi connectivity index (χ2v) is 8.01. The number of hydrogen-bond donors (Lipinski definition) is 1. The van der Waals surface area contributed by atoms with Gasteiger partial charge in [0.25, 0.3) is 5.91 Å². The molecule has 3 rings (SSSR count). The fourth-order valence-corrected chi connectivity index (χ4v) is 3.91. The van der Waals surface area contributed by atoms with E-state index in [2.05, 4.69) is 15.5 Å². The Kier molecular flexibility index (Phi) is 5.21. The number of β-lactam (4-membered cyclic amide) rings is 1. The molecule has 27 heavy (non-hydrogen) atoms. The molecule has 2 fully saturated rings. The number of carbonyl (C=O) groups excluding carboxylic acids is 3. The van der Waals surface area contributed by atoms with Gasteiger partial charge < -0.3 is 19.5 Å². The van der Waals surface area contributed by atoms with Crippen LogP contribution in [0.1, 0.15) is 52.5 Å². The van der Waals surface area contributed by atoms with Gasteiger partial charge in [0, 0.05) is 12.5 Å². The summed E-state index contributed by atoms with van der Waals surface area (Å²) in [6, 6.07) is -0.407. The Hall–Kier alpha value is -2.45. The lowest BCUT2D eigenvalue weighted by Crippen LogP contribution is -2.74. The molecule has 3 amide bonds. The summed E-state index contributed by atoms with van der Waals surface area (Å²) in [5.74, 6) is -0.165. The summed E-state index contributed by atoms with van der Waals surface area (Å²) in [7, 11) is 0. The Bertz CT molecular complexity index is 717. The molecule has 0 aliphatic carbocycles. The van der Waals surface area contributed by atoms with Crippen molar-refractivity contribution in [2.24, 2.45) is 11.8 Å². The molecule has 0 aromatic carbocycles. The summed E-state index contributed by atoms with van der Waals surface area (Å²) in [6.07, 6.45) is 2.70. The predicted molar refractivity (Wildman–Crippen MR) is 95.1 cm³/mol. The molecule has 2 atom stereocenters. The molecule has 1 N–H and O–H groups in total. The molecule has 0 bridgehead atoms. The van der Waals surface area contributed by atoms with E-state index in [0.29, 0.717) is 25.4 Å². The molecule has 0 saturated carbocycles. The van der Waals surface area contributed by atoms with Crippen molar-refractivity contribution in [3.63, 3.8) is 0 Å². The minimum Gasteiger partial charge on any atom is -0.426 e. The van der Waals surface area contributed by atoms with E-state index < -0.39 is 11.6 Å². The molecule has 1 aromatic heterocycles. The maximum atomic E-state index is 12.8. The smallest absolute Gasteiger partial charge is 0.250 e. The van der Waals surface area contributed by atoms with Crippen LogP contribution in [-0.4, -0.2) is 62.9 Å². The van der Waals surface area contributed by atoms with Crippen LogP contribution in [0.5, 0.6) is 0 Å². The molecule has 9 nitrogen and oxygen atoms in total. The molecular formula is C18H27N5O4. The van der Waals surface area contributed by atoms with Crippen molar-refractivity contribution in [1.29, 1.82) is 0 Å². The van der Waals surface area contributed by atoms with E-state index in [4.69, 9.17) is 4.42 Å². The molecule has 1 aromatic rings. The van der Waals surface area contributed by atoms with Crippen LogP contribution in [0.3, 0.4) is 0 Å². The third-order valence-corrected chi connectivity index (χ3v) is 5.35. The number of nitrogens with one attached hydrogen (secondary N) is 1. The second kappa shape index (κ2) is 7.28. The highest BCUT2D eigenvalue weighted by Crippen LogP contribution is 2.39. The number of aromatic nitrogens is 2. The van der Waals surface area contributed by atoms with Gasteiger partial charge in [0.05, 0.1) is 13.1 Å². The van der Waals surface area contributed by atoms with Gasteiger partial charge in [0.2, 0.25) is 24.1 Å².